The summed E-state index contributed by atoms with van der Waals surface area (Å²) in [5, 5.41) is 0. The Hall–Kier alpha value is -0.989. The Balaban J connectivity index is 2.32. The number of carbonyl (C=O) groups is 2. The first-order chi connectivity index (χ1) is 14.6. The van der Waals surface area contributed by atoms with E-state index in [0.717, 1.165) is 12.5 Å². The molecule has 8 nitrogen and oxygen atoms in total. The fourth-order valence-corrected chi connectivity index (χ4v) is 16.0. The van der Waals surface area contributed by atoms with Crippen molar-refractivity contribution in [1.82, 2.24) is 4.90 Å². The minimum Gasteiger partial charge on any atom is -0.462 e. The first-order valence-electron chi connectivity index (χ1n) is 11.4. The monoisotopic (exact) mass is 505 g/mol. The summed E-state index contributed by atoms with van der Waals surface area (Å²) in [6.07, 6.45) is 0.785. The molecule has 0 aromatic carbocycles. The molecule has 1 saturated heterocycles. The molecule has 1 rings (SSSR count). The van der Waals surface area contributed by atoms with Crippen LogP contribution in [0.25, 0.3) is 0 Å². The molecule has 0 aromatic heterocycles. The molecule has 1 heterocycles. The van der Waals surface area contributed by atoms with Gasteiger partial charge in [-0.3, -0.25) is 0 Å². The minimum absolute atomic E-state index is 0.248. The minimum atomic E-state index is -2.25. The molecule has 0 bridgehead atoms. The topological polar surface area (TPSA) is 83.5 Å². The van der Waals surface area contributed by atoms with Gasteiger partial charge in [-0.2, -0.15) is 0 Å². The number of ether oxygens (including phenoxy) is 3. The second-order valence-electron chi connectivity index (χ2n) is 10.5. The van der Waals surface area contributed by atoms with Gasteiger partial charge in [-0.05, 0) is 71.6 Å². The standard InChI is InChI=1S/C21H43NO7Si3/c1-18(2)20(23)26-14-10-12-22-16-19(27-21(22)24)17-25-13-11-15-32(9,28-30(3,4)5)29-31(6,7)8/h19H,1,10-17H2,2-9H3. The van der Waals surface area contributed by atoms with E-state index in [9.17, 15) is 9.59 Å². The predicted octanol–water partition coefficient (Wildman–Crippen LogP) is 4.50. The number of rotatable bonds is 15. The van der Waals surface area contributed by atoms with Crippen LogP contribution < -0.4 is 0 Å². The third-order valence-corrected chi connectivity index (χ3v) is 14.0. The van der Waals surface area contributed by atoms with Crippen molar-refractivity contribution in [2.45, 2.75) is 77.7 Å². The van der Waals surface area contributed by atoms with Crippen LogP contribution in [0.15, 0.2) is 12.2 Å². The van der Waals surface area contributed by atoms with Gasteiger partial charge in [0.25, 0.3) is 0 Å². The fourth-order valence-electron chi connectivity index (χ4n) is 3.52. The van der Waals surface area contributed by atoms with E-state index in [-0.39, 0.29) is 18.8 Å². The second-order valence-corrected chi connectivity index (χ2v) is 23.3. The van der Waals surface area contributed by atoms with Gasteiger partial charge in [-0.15, -0.1) is 0 Å². The van der Waals surface area contributed by atoms with Crippen molar-refractivity contribution in [1.29, 1.82) is 0 Å². The maximum Gasteiger partial charge on any atom is 0.410 e. The molecule has 1 unspecified atom stereocenters. The first-order valence-corrected chi connectivity index (χ1v) is 20.7. The van der Waals surface area contributed by atoms with Crippen LogP contribution in [0.2, 0.25) is 51.9 Å². The van der Waals surface area contributed by atoms with E-state index in [0.29, 0.717) is 38.3 Å². The summed E-state index contributed by atoms with van der Waals surface area (Å²) in [7, 11) is -5.65. The van der Waals surface area contributed by atoms with Crippen LogP contribution in [0.1, 0.15) is 19.8 Å². The lowest BCUT2D eigenvalue weighted by molar-refractivity contribution is -0.139. The van der Waals surface area contributed by atoms with E-state index in [4.69, 9.17) is 22.4 Å². The summed E-state index contributed by atoms with van der Waals surface area (Å²) < 4.78 is 29.2. The van der Waals surface area contributed by atoms with Crippen LogP contribution in [-0.2, 0) is 27.2 Å². The molecule has 32 heavy (non-hydrogen) atoms. The Morgan fingerprint density at radius 3 is 2.19 bits per heavy atom. The highest BCUT2D eigenvalue weighted by Crippen LogP contribution is 2.25. The number of amides is 1. The molecule has 1 atom stereocenters. The molecule has 11 heteroatoms. The Morgan fingerprint density at radius 1 is 1.06 bits per heavy atom. The summed E-state index contributed by atoms with van der Waals surface area (Å²) >= 11 is 0. The second kappa shape index (κ2) is 12.5. The Bertz CT molecular complexity index is 630. The summed E-state index contributed by atoms with van der Waals surface area (Å²) in [6, 6.07) is 0.890. The summed E-state index contributed by atoms with van der Waals surface area (Å²) in [5.41, 5.74) is 0.366. The molecule has 1 aliphatic rings. The number of nitrogens with zero attached hydrogens (tertiary/aromatic N) is 1. The van der Waals surface area contributed by atoms with Gasteiger partial charge in [0.05, 0.1) is 19.8 Å². The van der Waals surface area contributed by atoms with Crippen LogP contribution in [0.5, 0.6) is 0 Å². The maximum atomic E-state index is 12.0. The Morgan fingerprint density at radius 2 is 1.66 bits per heavy atom. The predicted molar refractivity (Wildman–Crippen MR) is 133 cm³/mol. The molecular formula is C21H43NO7Si3. The van der Waals surface area contributed by atoms with E-state index in [1.807, 2.05) is 0 Å². The van der Waals surface area contributed by atoms with Crippen LogP contribution in [0.4, 0.5) is 4.79 Å². The number of hydrogen-bond acceptors (Lipinski definition) is 7. The van der Waals surface area contributed by atoms with Crippen molar-refractivity contribution in [2.75, 3.05) is 32.9 Å². The van der Waals surface area contributed by atoms with E-state index >= 15 is 0 Å². The van der Waals surface area contributed by atoms with Crippen LogP contribution in [0, 0.1) is 0 Å². The van der Waals surface area contributed by atoms with Gasteiger partial charge in [0.1, 0.15) is 6.10 Å². The highest BCUT2D eigenvalue weighted by molar-refractivity contribution is 6.87. The molecule has 1 fully saturated rings. The van der Waals surface area contributed by atoms with E-state index in [2.05, 4.69) is 52.4 Å². The number of esters is 1. The normalized spacial score (nSPS) is 17.4. The van der Waals surface area contributed by atoms with E-state index in [1.165, 1.54) is 0 Å². The smallest absolute Gasteiger partial charge is 0.410 e. The molecule has 0 N–H and O–H groups in total. The fraction of sp³-hybridized carbons (Fsp3) is 0.810. The van der Waals surface area contributed by atoms with Crippen molar-refractivity contribution >= 4 is 37.3 Å². The SMILES string of the molecule is C=C(C)C(=O)OCCCN1CC(COCCC[Si](C)(O[Si](C)(C)C)O[Si](C)(C)C)OC1=O. The third-order valence-electron chi connectivity index (χ3n) is 4.37. The lowest BCUT2D eigenvalue weighted by atomic mass is 10.3. The zero-order valence-corrected chi connectivity index (χ0v) is 24.2. The van der Waals surface area contributed by atoms with Gasteiger partial charge in [-0.25, -0.2) is 9.59 Å². The molecule has 0 spiro atoms. The molecule has 186 valence electrons. The van der Waals surface area contributed by atoms with Gasteiger partial charge >= 0.3 is 20.6 Å². The zero-order valence-electron chi connectivity index (χ0n) is 21.2. The van der Waals surface area contributed by atoms with Crippen molar-refractivity contribution in [3.8, 4) is 0 Å². The largest absolute Gasteiger partial charge is 0.462 e. The average Bonchev–Trinajstić information content (AvgIpc) is 2.94. The van der Waals surface area contributed by atoms with E-state index in [1.54, 1.807) is 11.8 Å². The Labute approximate surface area is 197 Å². The number of hydrogen-bond donors (Lipinski definition) is 0. The summed E-state index contributed by atoms with van der Waals surface area (Å²) in [4.78, 5) is 25.0. The Kier molecular flexibility index (Phi) is 11.3. The van der Waals surface area contributed by atoms with Crippen LogP contribution in [0.3, 0.4) is 0 Å². The molecule has 1 aliphatic heterocycles. The van der Waals surface area contributed by atoms with Gasteiger partial charge in [-0.1, -0.05) is 6.58 Å². The van der Waals surface area contributed by atoms with Crippen molar-refractivity contribution in [2.24, 2.45) is 0 Å². The van der Waals surface area contributed by atoms with Crippen LogP contribution in [-0.4, -0.2) is 81.2 Å². The average molecular weight is 506 g/mol. The third kappa shape index (κ3) is 12.3. The summed E-state index contributed by atoms with van der Waals surface area (Å²) in [5.74, 6) is -0.412. The van der Waals surface area contributed by atoms with Gasteiger partial charge < -0.3 is 27.3 Å². The molecular weight excluding hydrogens is 462 g/mol. The summed E-state index contributed by atoms with van der Waals surface area (Å²) in [6.45, 7) is 22.7. The van der Waals surface area contributed by atoms with Crippen molar-refractivity contribution < 1.29 is 32.0 Å². The first kappa shape index (κ1) is 29.0. The highest BCUT2D eigenvalue weighted by Gasteiger charge is 2.39. The highest BCUT2D eigenvalue weighted by atomic mass is 28.5. The quantitative estimate of drug-likeness (QED) is 0.140. The van der Waals surface area contributed by atoms with Gasteiger partial charge in [0.15, 0.2) is 16.6 Å². The van der Waals surface area contributed by atoms with Crippen molar-refractivity contribution in [3.63, 3.8) is 0 Å². The molecule has 0 saturated carbocycles. The van der Waals surface area contributed by atoms with Gasteiger partial charge in [0, 0.05) is 18.7 Å². The number of cyclic esters (lactones) is 1. The van der Waals surface area contributed by atoms with Crippen molar-refractivity contribution in [3.05, 3.63) is 12.2 Å². The van der Waals surface area contributed by atoms with Gasteiger partial charge in [0.2, 0.25) is 0 Å². The molecule has 0 aliphatic carbocycles. The van der Waals surface area contributed by atoms with Crippen LogP contribution >= 0.6 is 0 Å². The molecule has 1 amide bonds. The lowest BCUT2D eigenvalue weighted by Gasteiger charge is -2.38. The number of carbonyl (C=O) groups excluding carboxylic acids is 2. The molecule has 0 radical (unpaired) electrons. The zero-order chi connectivity index (χ0) is 24.6. The lowest BCUT2D eigenvalue weighted by Crippen LogP contribution is -2.52. The maximum absolute atomic E-state index is 12.0. The molecule has 0 aromatic rings. The van der Waals surface area contributed by atoms with E-state index < -0.39 is 31.2 Å².